The number of anilines is 1. The molecule has 1 aromatic heterocycles. The fraction of sp³-hybridized carbons (Fsp3) is 0.188. The highest BCUT2D eigenvalue weighted by Gasteiger charge is 2.15. The zero-order valence-corrected chi connectivity index (χ0v) is 11.5. The van der Waals surface area contributed by atoms with Crippen LogP contribution in [0.5, 0.6) is 0 Å². The molecule has 0 aliphatic rings. The Morgan fingerprint density at radius 2 is 2.00 bits per heavy atom. The summed E-state index contributed by atoms with van der Waals surface area (Å²) in [6.07, 6.45) is 0. The van der Waals surface area contributed by atoms with Crippen molar-refractivity contribution in [1.29, 1.82) is 0 Å². The van der Waals surface area contributed by atoms with E-state index >= 15 is 0 Å². The highest BCUT2D eigenvalue weighted by atomic mass is 19.1. The van der Waals surface area contributed by atoms with Crippen molar-refractivity contribution in [2.75, 3.05) is 5.73 Å². The fourth-order valence-electron chi connectivity index (χ4n) is 2.64. The van der Waals surface area contributed by atoms with E-state index in [2.05, 4.69) is 9.55 Å². The van der Waals surface area contributed by atoms with Crippen molar-refractivity contribution >= 4 is 16.7 Å². The number of hydrogen-bond donors (Lipinski definition) is 1. The molecule has 0 aliphatic carbocycles. The maximum Gasteiger partial charge on any atom is 0.123 e. The third kappa shape index (κ3) is 2.03. The number of aromatic nitrogens is 2. The molecule has 0 bridgehead atoms. The summed E-state index contributed by atoms with van der Waals surface area (Å²) in [7, 11) is 0. The van der Waals surface area contributed by atoms with Gasteiger partial charge in [-0.05, 0) is 49.7 Å². The quantitative estimate of drug-likeness (QED) is 0.721. The van der Waals surface area contributed by atoms with Gasteiger partial charge in [-0.3, -0.25) is 0 Å². The summed E-state index contributed by atoms with van der Waals surface area (Å²) in [5.41, 5.74) is 9.28. The Bertz CT molecular complexity index is 776. The van der Waals surface area contributed by atoms with E-state index in [1.54, 1.807) is 12.1 Å². The van der Waals surface area contributed by atoms with Crippen LogP contribution in [0.2, 0.25) is 0 Å². The van der Waals surface area contributed by atoms with Gasteiger partial charge in [0.15, 0.2) is 0 Å². The van der Waals surface area contributed by atoms with Gasteiger partial charge in [-0.15, -0.1) is 0 Å². The van der Waals surface area contributed by atoms with Gasteiger partial charge in [0.05, 0.1) is 17.1 Å². The first-order valence-electron chi connectivity index (χ1n) is 6.56. The van der Waals surface area contributed by atoms with Gasteiger partial charge in [0, 0.05) is 5.69 Å². The number of aryl methyl sites for hydroxylation is 1. The van der Waals surface area contributed by atoms with E-state index in [4.69, 9.17) is 5.73 Å². The molecule has 0 saturated heterocycles. The number of rotatable bonds is 2. The molecule has 4 heteroatoms. The number of nitrogens with zero attached hydrogens (tertiary/aromatic N) is 2. The van der Waals surface area contributed by atoms with Crippen molar-refractivity contribution in [3.05, 3.63) is 59.7 Å². The van der Waals surface area contributed by atoms with Gasteiger partial charge in [0.25, 0.3) is 0 Å². The molecule has 0 spiro atoms. The number of benzene rings is 2. The third-order valence-corrected chi connectivity index (χ3v) is 3.61. The lowest BCUT2D eigenvalue weighted by molar-refractivity contribution is 0.604. The Labute approximate surface area is 116 Å². The van der Waals surface area contributed by atoms with Crippen LogP contribution in [0.3, 0.4) is 0 Å². The first-order chi connectivity index (χ1) is 9.56. The lowest BCUT2D eigenvalue weighted by Crippen LogP contribution is -2.08. The van der Waals surface area contributed by atoms with Crippen molar-refractivity contribution in [3.63, 3.8) is 0 Å². The summed E-state index contributed by atoms with van der Waals surface area (Å²) in [4.78, 5) is 4.53. The standard InChI is InChI=1S/C16H16FN3/c1-10(12-4-3-5-13(17)8-12)20-11(2)19-15-9-14(18)6-7-16(15)20/h3-10H,18H2,1-2H3. The van der Waals surface area contributed by atoms with Crippen molar-refractivity contribution < 1.29 is 4.39 Å². The molecule has 2 N–H and O–H groups in total. The Morgan fingerprint density at radius 3 is 2.75 bits per heavy atom. The molecule has 0 radical (unpaired) electrons. The van der Waals surface area contributed by atoms with Crippen LogP contribution in [0.25, 0.3) is 11.0 Å². The van der Waals surface area contributed by atoms with Crippen LogP contribution < -0.4 is 5.73 Å². The van der Waals surface area contributed by atoms with Crippen LogP contribution in [-0.2, 0) is 0 Å². The SMILES string of the molecule is Cc1nc2cc(N)ccc2n1C(C)c1cccc(F)c1. The van der Waals surface area contributed by atoms with E-state index in [9.17, 15) is 4.39 Å². The Morgan fingerprint density at radius 1 is 1.20 bits per heavy atom. The largest absolute Gasteiger partial charge is 0.399 e. The Hall–Kier alpha value is -2.36. The molecule has 0 aliphatic heterocycles. The van der Waals surface area contributed by atoms with Crippen LogP contribution in [0.4, 0.5) is 10.1 Å². The minimum Gasteiger partial charge on any atom is -0.399 e. The van der Waals surface area contributed by atoms with E-state index in [1.165, 1.54) is 6.07 Å². The molecule has 2 aromatic carbocycles. The van der Waals surface area contributed by atoms with Crippen LogP contribution in [-0.4, -0.2) is 9.55 Å². The van der Waals surface area contributed by atoms with Crippen molar-refractivity contribution in [2.24, 2.45) is 0 Å². The molecule has 1 heterocycles. The fourth-order valence-corrected chi connectivity index (χ4v) is 2.64. The Balaban J connectivity index is 2.16. The maximum absolute atomic E-state index is 13.4. The van der Waals surface area contributed by atoms with E-state index in [0.717, 1.165) is 22.4 Å². The molecule has 20 heavy (non-hydrogen) atoms. The maximum atomic E-state index is 13.4. The van der Waals surface area contributed by atoms with Gasteiger partial charge in [0.1, 0.15) is 11.6 Å². The summed E-state index contributed by atoms with van der Waals surface area (Å²) >= 11 is 0. The van der Waals surface area contributed by atoms with Gasteiger partial charge in [-0.25, -0.2) is 9.37 Å². The van der Waals surface area contributed by atoms with E-state index in [-0.39, 0.29) is 11.9 Å². The lowest BCUT2D eigenvalue weighted by Gasteiger charge is -2.17. The molecule has 0 amide bonds. The van der Waals surface area contributed by atoms with Gasteiger partial charge >= 0.3 is 0 Å². The monoisotopic (exact) mass is 269 g/mol. The van der Waals surface area contributed by atoms with E-state index in [0.29, 0.717) is 5.69 Å². The molecular weight excluding hydrogens is 253 g/mol. The van der Waals surface area contributed by atoms with Crippen LogP contribution in [0.15, 0.2) is 42.5 Å². The normalized spacial score (nSPS) is 12.8. The van der Waals surface area contributed by atoms with Crippen LogP contribution in [0, 0.1) is 12.7 Å². The summed E-state index contributed by atoms with van der Waals surface area (Å²) in [6, 6.07) is 12.4. The second-order valence-corrected chi connectivity index (χ2v) is 5.01. The molecule has 102 valence electrons. The van der Waals surface area contributed by atoms with Gasteiger partial charge in [-0.1, -0.05) is 12.1 Å². The molecule has 1 atom stereocenters. The zero-order valence-electron chi connectivity index (χ0n) is 11.5. The zero-order chi connectivity index (χ0) is 14.3. The van der Waals surface area contributed by atoms with Gasteiger partial charge < -0.3 is 10.3 Å². The third-order valence-electron chi connectivity index (χ3n) is 3.61. The Kier molecular flexibility index (Phi) is 2.93. The van der Waals surface area contributed by atoms with Crippen molar-refractivity contribution in [2.45, 2.75) is 19.9 Å². The number of fused-ring (bicyclic) bond motifs is 1. The molecule has 3 nitrogen and oxygen atoms in total. The summed E-state index contributed by atoms with van der Waals surface area (Å²) < 4.78 is 15.5. The van der Waals surface area contributed by atoms with Gasteiger partial charge in [-0.2, -0.15) is 0 Å². The molecular formula is C16H16FN3. The molecule has 3 aromatic rings. The van der Waals surface area contributed by atoms with E-state index in [1.807, 2.05) is 38.1 Å². The predicted molar refractivity (Wildman–Crippen MR) is 79.1 cm³/mol. The topological polar surface area (TPSA) is 43.8 Å². The van der Waals surface area contributed by atoms with Crippen LogP contribution in [0.1, 0.15) is 24.4 Å². The predicted octanol–water partition coefficient (Wildman–Crippen LogP) is 3.68. The number of nitrogens with two attached hydrogens (primary N) is 1. The smallest absolute Gasteiger partial charge is 0.123 e. The summed E-state index contributed by atoms with van der Waals surface area (Å²) in [5, 5.41) is 0. The van der Waals surface area contributed by atoms with Crippen molar-refractivity contribution in [1.82, 2.24) is 9.55 Å². The van der Waals surface area contributed by atoms with Gasteiger partial charge in [0.2, 0.25) is 0 Å². The number of imidazole rings is 1. The number of halogens is 1. The van der Waals surface area contributed by atoms with Crippen LogP contribution >= 0.6 is 0 Å². The summed E-state index contributed by atoms with van der Waals surface area (Å²) in [6.45, 7) is 3.99. The molecule has 0 saturated carbocycles. The second kappa shape index (κ2) is 4.63. The molecule has 3 rings (SSSR count). The number of nitrogen functional groups attached to an aromatic ring is 1. The number of hydrogen-bond acceptors (Lipinski definition) is 2. The first-order valence-corrected chi connectivity index (χ1v) is 6.56. The minimum absolute atomic E-state index is 0.0133. The first kappa shape index (κ1) is 12.7. The average molecular weight is 269 g/mol. The molecule has 1 unspecified atom stereocenters. The molecule has 0 fully saturated rings. The summed E-state index contributed by atoms with van der Waals surface area (Å²) in [5.74, 6) is 0.669. The van der Waals surface area contributed by atoms with E-state index < -0.39 is 0 Å². The highest BCUT2D eigenvalue weighted by Crippen LogP contribution is 2.27. The average Bonchev–Trinajstić information content (AvgIpc) is 2.73. The van der Waals surface area contributed by atoms with Crippen molar-refractivity contribution in [3.8, 4) is 0 Å². The minimum atomic E-state index is -0.222. The second-order valence-electron chi connectivity index (χ2n) is 5.01. The lowest BCUT2D eigenvalue weighted by atomic mass is 10.1. The highest BCUT2D eigenvalue weighted by molar-refractivity contribution is 5.80.